The van der Waals surface area contributed by atoms with Crippen LogP contribution in [0.2, 0.25) is 5.02 Å². The Morgan fingerprint density at radius 2 is 2.50 bits per heavy atom. The molecule has 1 heterocycles. The first-order valence-electron chi connectivity index (χ1n) is 3.26. The standard InChI is InChI=1S/C7H8ClN3O/c1-11-4-5(8)6(10-11)2-3-7(9)12/h2-4H,1H3,(H2,9,12)/b3-2-. The number of aryl methyl sites for hydroxylation is 1. The molecule has 1 aromatic heterocycles. The fraction of sp³-hybridized carbons (Fsp3) is 0.143. The second-order valence-corrected chi connectivity index (χ2v) is 2.68. The zero-order chi connectivity index (χ0) is 9.14. The monoisotopic (exact) mass is 185 g/mol. The molecule has 0 aliphatic rings. The summed E-state index contributed by atoms with van der Waals surface area (Å²) in [5.41, 5.74) is 5.43. The minimum absolute atomic E-state index is 0.495. The van der Waals surface area contributed by atoms with Gasteiger partial charge in [0.15, 0.2) is 0 Å². The number of carbonyl (C=O) groups excluding carboxylic acids is 1. The van der Waals surface area contributed by atoms with Crippen LogP contribution in [-0.4, -0.2) is 15.7 Å². The molecule has 0 bridgehead atoms. The van der Waals surface area contributed by atoms with Crippen LogP contribution in [0.15, 0.2) is 12.3 Å². The second-order valence-electron chi connectivity index (χ2n) is 2.27. The van der Waals surface area contributed by atoms with E-state index < -0.39 is 5.91 Å². The molecule has 0 atom stereocenters. The molecule has 4 nitrogen and oxygen atoms in total. The van der Waals surface area contributed by atoms with E-state index in [0.717, 1.165) is 0 Å². The van der Waals surface area contributed by atoms with Crippen molar-refractivity contribution in [2.24, 2.45) is 12.8 Å². The van der Waals surface area contributed by atoms with Crippen LogP contribution in [0.3, 0.4) is 0 Å². The van der Waals surface area contributed by atoms with E-state index in [-0.39, 0.29) is 0 Å². The van der Waals surface area contributed by atoms with Gasteiger partial charge in [0.05, 0.1) is 5.02 Å². The molecule has 1 amide bonds. The van der Waals surface area contributed by atoms with Crippen LogP contribution in [0.25, 0.3) is 6.08 Å². The summed E-state index contributed by atoms with van der Waals surface area (Å²) in [7, 11) is 1.74. The van der Waals surface area contributed by atoms with Gasteiger partial charge in [-0.3, -0.25) is 9.48 Å². The first-order chi connectivity index (χ1) is 5.59. The summed E-state index contributed by atoms with van der Waals surface area (Å²) in [5.74, 6) is -0.517. The van der Waals surface area contributed by atoms with Crippen molar-refractivity contribution >= 4 is 23.6 Å². The first kappa shape index (κ1) is 8.80. The lowest BCUT2D eigenvalue weighted by Crippen LogP contribution is -2.05. The Hall–Kier alpha value is -1.29. The van der Waals surface area contributed by atoms with Crippen LogP contribution in [0.1, 0.15) is 5.69 Å². The van der Waals surface area contributed by atoms with Crippen molar-refractivity contribution in [3.63, 3.8) is 0 Å². The average molecular weight is 186 g/mol. The molecule has 1 aromatic rings. The number of nitrogens with zero attached hydrogens (tertiary/aromatic N) is 2. The molecule has 5 heteroatoms. The predicted octanol–water partition coefficient (Wildman–Crippen LogP) is 0.572. The highest BCUT2D eigenvalue weighted by Crippen LogP contribution is 2.13. The van der Waals surface area contributed by atoms with E-state index in [9.17, 15) is 4.79 Å². The largest absolute Gasteiger partial charge is 0.366 e. The fourth-order valence-corrected chi connectivity index (χ4v) is 0.993. The second kappa shape index (κ2) is 3.40. The SMILES string of the molecule is Cn1cc(Cl)c(/C=C\C(N)=O)n1. The molecule has 0 radical (unpaired) electrons. The van der Waals surface area contributed by atoms with E-state index in [1.807, 2.05) is 0 Å². The van der Waals surface area contributed by atoms with Gasteiger partial charge in [-0.2, -0.15) is 5.10 Å². The van der Waals surface area contributed by atoms with Crippen molar-refractivity contribution in [2.75, 3.05) is 0 Å². The quantitative estimate of drug-likeness (QED) is 0.685. The summed E-state index contributed by atoms with van der Waals surface area (Å²) in [6.45, 7) is 0. The van der Waals surface area contributed by atoms with Crippen LogP contribution in [0.4, 0.5) is 0 Å². The summed E-state index contributed by atoms with van der Waals surface area (Å²) in [5, 5.41) is 4.47. The van der Waals surface area contributed by atoms with Crippen molar-refractivity contribution in [2.45, 2.75) is 0 Å². The maximum absolute atomic E-state index is 10.3. The maximum Gasteiger partial charge on any atom is 0.241 e. The van der Waals surface area contributed by atoms with Gasteiger partial charge >= 0.3 is 0 Å². The molecule has 0 aromatic carbocycles. The van der Waals surface area contributed by atoms with Crippen LogP contribution in [-0.2, 0) is 11.8 Å². The van der Waals surface area contributed by atoms with Crippen LogP contribution in [0.5, 0.6) is 0 Å². The summed E-state index contributed by atoms with van der Waals surface area (Å²) in [6, 6.07) is 0. The Kier molecular flexibility index (Phi) is 2.50. The molecule has 12 heavy (non-hydrogen) atoms. The van der Waals surface area contributed by atoms with Crippen LogP contribution >= 0.6 is 11.6 Å². The third-order valence-electron chi connectivity index (χ3n) is 1.22. The van der Waals surface area contributed by atoms with Gasteiger partial charge in [-0.1, -0.05) is 11.6 Å². The Labute approximate surface area is 74.6 Å². The average Bonchev–Trinajstić information content (AvgIpc) is 2.26. The van der Waals surface area contributed by atoms with E-state index in [1.54, 1.807) is 17.9 Å². The highest BCUT2D eigenvalue weighted by atomic mass is 35.5. The maximum atomic E-state index is 10.3. The minimum atomic E-state index is -0.517. The number of halogens is 1. The molecule has 64 valence electrons. The van der Waals surface area contributed by atoms with Gasteiger partial charge in [0, 0.05) is 19.3 Å². The van der Waals surface area contributed by atoms with E-state index >= 15 is 0 Å². The Morgan fingerprint density at radius 1 is 1.83 bits per heavy atom. The van der Waals surface area contributed by atoms with Gasteiger partial charge in [-0.05, 0) is 6.08 Å². The summed E-state index contributed by atoms with van der Waals surface area (Å²) in [6.07, 6.45) is 4.33. The molecule has 2 N–H and O–H groups in total. The number of rotatable bonds is 2. The number of hydrogen-bond donors (Lipinski definition) is 1. The molecule has 0 unspecified atom stereocenters. The summed E-state index contributed by atoms with van der Waals surface area (Å²) >= 11 is 5.74. The third kappa shape index (κ3) is 2.10. The highest BCUT2D eigenvalue weighted by Gasteiger charge is 2.00. The Bertz CT molecular complexity index is 329. The lowest BCUT2D eigenvalue weighted by Gasteiger charge is -1.84. The third-order valence-corrected chi connectivity index (χ3v) is 1.51. The summed E-state index contributed by atoms with van der Waals surface area (Å²) < 4.78 is 1.56. The molecule has 0 aliphatic heterocycles. The van der Waals surface area contributed by atoms with Crippen LogP contribution < -0.4 is 5.73 Å². The smallest absolute Gasteiger partial charge is 0.241 e. The number of amides is 1. The number of hydrogen-bond acceptors (Lipinski definition) is 2. The van der Waals surface area contributed by atoms with Crippen molar-refractivity contribution in [3.05, 3.63) is 23.0 Å². The van der Waals surface area contributed by atoms with E-state index in [1.165, 1.54) is 12.2 Å². The zero-order valence-electron chi connectivity index (χ0n) is 6.49. The van der Waals surface area contributed by atoms with E-state index in [0.29, 0.717) is 10.7 Å². The minimum Gasteiger partial charge on any atom is -0.366 e. The normalized spacial score (nSPS) is 10.8. The van der Waals surface area contributed by atoms with Gasteiger partial charge in [-0.15, -0.1) is 0 Å². The Morgan fingerprint density at radius 3 is 2.92 bits per heavy atom. The molecular formula is C7H8ClN3O. The topological polar surface area (TPSA) is 60.9 Å². The van der Waals surface area contributed by atoms with Crippen molar-refractivity contribution < 1.29 is 4.79 Å². The molecule has 0 spiro atoms. The number of primary amides is 1. The molecule has 0 saturated heterocycles. The number of aromatic nitrogens is 2. The molecule has 0 fully saturated rings. The van der Waals surface area contributed by atoms with Gasteiger partial charge < -0.3 is 5.73 Å². The lowest BCUT2D eigenvalue weighted by molar-refractivity contribution is -0.113. The molecule has 1 rings (SSSR count). The zero-order valence-corrected chi connectivity index (χ0v) is 7.25. The van der Waals surface area contributed by atoms with E-state index in [4.69, 9.17) is 17.3 Å². The fourth-order valence-electron chi connectivity index (χ4n) is 0.751. The number of nitrogens with two attached hydrogens (primary N) is 1. The molecular weight excluding hydrogens is 178 g/mol. The van der Waals surface area contributed by atoms with Crippen molar-refractivity contribution in [1.82, 2.24) is 9.78 Å². The number of carbonyl (C=O) groups is 1. The van der Waals surface area contributed by atoms with Crippen LogP contribution in [0, 0.1) is 0 Å². The van der Waals surface area contributed by atoms with E-state index in [2.05, 4.69) is 5.10 Å². The van der Waals surface area contributed by atoms with Gasteiger partial charge in [0.1, 0.15) is 5.69 Å². The van der Waals surface area contributed by atoms with Gasteiger partial charge in [-0.25, -0.2) is 0 Å². The first-order valence-corrected chi connectivity index (χ1v) is 3.64. The summed E-state index contributed by atoms with van der Waals surface area (Å²) in [4.78, 5) is 10.3. The molecule has 0 saturated carbocycles. The van der Waals surface area contributed by atoms with Crippen molar-refractivity contribution in [1.29, 1.82) is 0 Å². The van der Waals surface area contributed by atoms with Gasteiger partial charge in [0.25, 0.3) is 0 Å². The van der Waals surface area contributed by atoms with Gasteiger partial charge in [0.2, 0.25) is 5.91 Å². The Balaban J connectivity index is 2.89. The highest BCUT2D eigenvalue weighted by molar-refractivity contribution is 6.31. The predicted molar refractivity (Wildman–Crippen MR) is 46.4 cm³/mol. The molecule has 0 aliphatic carbocycles. The lowest BCUT2D eigenvalue weighted by atomic mass is 10.4. The van der Waals surface area contributed by atoms with Crippen molar-refractivity contribution in [3.8, 4) is 0 Å².